The average Bonchev–Trinajstić information content (AvgIpc) is 4.23. The number of ketones is 4. The summed E-state index contributed by atoms with van der Waals surface area (Å²) >= 11 is 2.34. The Bertz CT molecular complexity index is 4080. The van der Waals surface area contributed by atoms with Crippen LogP contribution in [0.15, 0.2) is 145 Å². The Hall–Kier alpha value is -9.12. The van der Waals surface area contributed by atoms with Gasteiger partial charge in [-0.1, -0.05) is 60.7 Å². The van der Waals surface area contributed by atoms with Crippen molar-refractivity contribution in [3.63, 3.8) is 0 Å². The van der Waals surface area contributed by atoms with E-state index in [2.05, 4.69) is 0 Å². The summed E-state index contributed by atoms with van der Waals surface area (Å²) in [7, 11) is 0. The second-order valence-electron chi connectivity index (χ2n) is 17.8. The van der Waals surface area contributed by atoms with E-state index in [0.717, 1.165) is 24.3 Å². The first kappa shape index (κ1) is 44.8. The SMILES string of the molecule is O=C1C(=Cc2cc3c(s2)c2cc4c(cc2n3C(=O)OCc2ccccc2)c2sc(C=C3C(=O)c5cc6cc(F)c(F)cc6cc5C3=O)cc2n4C(=O)OCc2ccccc2)C(=O)c2cc3cc(F)c(F)cc3cc21. The van der Waals surface area contributed by atoms with Crippen molar-refractivity contribution in [3.8, 4) is 0 Å². The van der Waals surface area contributed by atoms with Crippen molar-refractivity contribution in [2.24, 2.45) is 0 Å². The molecule has 0 bridgehead atoms. The van der Waals surface area contributed by atoms with Crippen molar-refractivity contribution in [2.75, 3.05) is 0 Å². The molecule has 0 saturated heterocycles. The summed E-state index contributed by atoms with van der Waals surface area (Å²) in [6.07, 6.45) is 1.31. The Balaban J connectivity index is 0.964. The van der Waals surface area contributed by atoms with Gasteiger partial charge in [-0.3, -0.25) is 19.2 Å². The molecule has 0 unspecified atom stereocenters. The minimum atomic E-state index is -1.10. The predicted molar refractivity (Wildman–Crippen MR) is 273 cm³/mol. The third-order valence-corrected chi connectivity index (χ3v) is 15.6. The minimum Gasteiger partial charge on any atom is -0.444 e. The van der Waals surface area contributed by atoms with Gasteiger partial charge in [0.25, 0.3) is 0 Å². The molecular formula is C58H28F4N2O8S2. The number of carbonyl (C=O) groups excluding carboxylic acids is 6. The lowest BCUT2D eigenvalue weighted by Crippen LogP contribution is -2.14. The highest BCUT2D eigenvalue weighted by atomic mass is 32.1. The van der Waals surface area contributed by atoms with Gasteiger partial charge in [0.15, 0.2) is 46.4 Å². The van der Waals surface area contributed by atoms with E-state index in [1.807, 2.05) is 12.1 Å². The van der Waals surface area contributed by atoms with Crippen LogP contribution in [0.5, 0.6) is 0 Å². The smallest absolute Gasteiger partial charge is 0.419 e. The number of carbonyl (C=O) groups is 6. The highest BCUT2D eigenvalue weighted by Crippen LogP contribution is 2.45. The number of allylic oxidation sites excluding steroid dienone is 2. The van der Waals surface area contributed by atoms with Crippen LogP contribution in [0.3, 0.4) is 0 Å². The van der Waals surface area contributed by atoms with E-state index in [1.165, 1.54) is 68.2 Å². The van der Waals surface area contributed by atoms with Gasteiger partial charge in [0.05, 0.1) is 42.6 Å². The van der Waals surface area contributed by atoms with Gasteiger partial charge >= 0.3 is 12.2 Å². The van der Waals surface area contributed by atoms with Gasteiger partial charge in [-0.15, -0.1) is 22.7 Å². The molecule has 13 rings (SSSR count). The first-order valence-electron chi connectivity index (χ1n) is 22.7. The first-order chi connectivity index (χ1) is 35.8. The first-order valence-corrected chi connectivity index (χ1v) is 24.4. The van der Waals surface area contributed by atoms with E-state index in [1.54, 1.807) is 72.8 Å². The highest BCUT2D eigenvalue weighted by molar-refractivity contribution is 7.21. The molecule has 74 heavy (non-hydrogen) atoms. The van der Waals surface area contributed by atoms with Crippen LogP contribution in [-0.4, -0.2) is 44.5 Å². The number of Topliss-reactive ketones (excluding diaryl/α,β-unsaturated/α-hetero) is 4. The van der Waals surface area contributed by atoms with Gasteiger partial charge in [-0.2, -0.15) is 0 Å². The number of halogens is 4. The number of hydrogen-bond acceptors (Lipinski definition) is 10. The lowest BCUT2D eigenvalue weighted by Gasteiger charge is -2.09. The van der Waals surface area contributed by atoms with Crippen LogP contribution in [0.25, 0.3) is 75.9 Å². The summed E-state index contributed by atoms with van der Waals surface area (Å²) in [5.41, 5.74) is 2.70. The van der Waals surface area contributed by atoms with E-state index < -0.39 is 58.6 Å². The molecule has 16 heteroatoms. The Kier molecular flexibility index (Phi) is 10.1. The van der Waals surface area contributed by atoms with Crippen molar-refractivity contribution >= 4 is 134 Å². The fraction of sp³-hybridized carbons (Fsp3) is 0.0345. The van der Waals surface area contributed by atoms with Crippen LogP contribution in [-0.2, 0) is 22.7 Å². The topological polar surface area (TPSA) is 131 Å². The fourth-order valence-electron chi connectivity index (χ4n) is 9.86. The lowest BCUT2D eigenvalue weighted by molar-refractivity contribution is 0.0975. The molecular weight excluding hydrogens is 993 g/mol. The monoisotopic (exact) mass is 1020 g/mol. The molecule has 358 valence electrons. The van der Waals surface area contributed by atoms with Gasteiger partial charge in [0, 0.05) is 42.8 Å². The highest BCUT2D eigenvalue weighted by Gasteiger charge is 2.36. The molecule has 0 fully saturated rings. The molecule has 4 heterocycles. The van der Waals surface area contributed by atoms with Gasteiger partial charge in [0.2, 0.25) is 0 Å². The fourth-order valence-corrected chi connectivity index (χ4v) is 12.1. The van der Waals surface area contributed by atoms with E-state index in [9.17, 15) is 46.3 Å². The summed E-state index contributed by atoms with van der Waals surface area (Å²) in [5.74, 6) is -6.83. The van der Waals surface area contributed by atoms with Gasteiger partial charge < -0.3 is 9.47 Å². The molecule has 0 aliphatic heterocycles. The van der Waals surface area contributed by atoms with Crippen LogP contribution < -0.4 is 0 Å². The predicted octanol–water partition coefficient (Wildman–Crippen LogP) is 14.2. The normalized spacial score (nSPS) is 13.4. The van der Waals surface area contributed by atoms with E-state index in [0.29, 0.717) is 63.1 Å². The summed E-state index contributed by atoms with van der Waals surface area (Å²) in [6.45, 7) is -0.176. The van der Waals surface area contributed by atoms with Gasteiger partial charge in [-0.25, -0.2) is 36.3 Å². The number of fused-ring (bicyclic) bond motifs is 10. The van der Waals surface area contributed by atoms with Crippen LogP contribution in [0.4, 0.5) is 27.2 Å². The van der Waals surface area contributed by atoms with E-state index in [4.69, 9.17) is 9.47 Å². The van der Waals surface area contributed by atoms with Crippen molar-refractivity contribution in [1.82, 2.24) is 9.13 Å². The quantitative estimate of drug-likeness (QED) is 0.0914. The summed E-state index contributed by atoms with van der Waals surface area (Å²) in [6, 6.07) is 34.1. The molecule has 11 aromatic rings. The molecule has 2 aliphatic carbocycles. The average molecular weight is 1020 g/mol. The number of thiophene rings is 2. The number of hydrogen-bond donors (Lipinski definition) is 0. The number of benzene rings is 7. The maximum absolute atomic E-state index is 14.5. The third kappa shape index (κ3) is 7.04. The second-order valence-corrected chi connectivity index (χ2v) is 20.0. The molecule has 0 N–H and O–H groups in total. The molecule has 2 aliphatic rings. The standard InChI is InChI=1S/C58H28F4N2O8S2/c59-43-15-29-11-35-36(12-30(29)16-44(43)60)52(66)41(51(35)65)19-33-21-49-55(73-33)39-24-48-40(23-47(39)63(49)57(69)71-25-27-7-3-1-4-8-27)56-50(64(48)58(70)72-26-28-9-5-2-6-10-28)22-34(74-56)20-42-53(67)37-13-31-17-45(61)46(62)18-32(31)14-38(37)54(42)68/h1-24H,25-26H2. The minimum absolute atomic E-state index is 0.0396. The lowest BCUT2D eigenvalue weighted by atomic mass is 10.0. The molecule has 10 nitrogen and oxygen atoms in total. The summed E-state index contributed by atoms with van der Waals surface area (Å²) in [5, 5.41) is 1.97. The van der Waals surface area contributed by atoms with Crippen molar-refractivity contribution in [3.05, 3.63) is 211 Å². The van der Waals surface area contributed by atoms with Crippen molar-refractivity contribution in [2.45, 2.75) is 13.2 Å². The van der Waals surface area contributed by atoms with Crippen LogP contribution in [0.2, 0.25) is 0 Å². The zero-order valence-corrected chi connectivity index (χ0v) is 39.4. The molecule has 0 amide bonds. The number of aromatic nitrogens is 2. The molecule has 4 aromatic heterocycles. The van der Waals surface area contributed by atoms with Crippen LogP contribution >= 0.6 is 22.7 Å². The Morgan fingerprint density at radius 2 is 0.757 bits per heavy atom. The maximum Gasteiger partial charge on any atom is 0.419 e. The summed E-state index contributed by atoms with van der Waals surface area (Å²) < 4.78 is 72.4. The van der Waals surface area contributed by atoms with E-state index >= 15 is 0 Å². The third-order valence-electron chi connectivity index (χ3n) is 13.4. The molecule has 7 aromatic carbocycles. The van der Waals surface area contributed by atoms with Crippen molar-refractivity contribution in [1.29, 1.82) is 0 Å². The van der Waals surface area contributed by atoms with Crippen LogP contribution in [0.1, 0.15) is 62.3 Å². The number of rotatable bonds is 6. The Morgan fingerprint density at radius 1 is 0.432 bits per heavy atom. The zero-order valence-electron chi connectivity index (χ0n) is 37.8. The Morgan fingerprint density at radius 3 is 1.08 bits per heavy atom. The molecule has 0 radical (unpaired) electrons. The van der Waals surface area contributed by atoms with Gasteiger partial charge in [-0.05, 0) is 118 Å². The summed E-state index contributed by atoms with van der Waals surface area (Å²) in [4.78, 5) is 85.1. The molecule has 0 atom stereocenters. The zero-order chi connectivity index (χ0) is 50.8. The maximum atomic E-state index is 14.5. The van der Waals surface area contributed by atoms with Gasteiger partial charge in [0.1, 0.15) is 13.2 Å². The van der Waals surface area contributed by atoms with Crippen LogP contribution in [0, 0.1) is 23.3 Å². The van der Waals surface area contributed by atoms with Crippen molar-refractivity contribution < 1.29 is 55.8 Å². The Labute approximate surface area is 421 Å². The number of ether oxygens (including phenoxy) is 2. The number of nitrogens with zero attached hydrogens (tertiary/aromatic N) is 2. The molecule has 0 spiro atoms. The molecule has 0 saturated carbocycles. The second kappa shape index (κ2) is 16.7. The van der Waals surface area contributed by atoms with E-state index in [-0.39, 0.29) is 68.2 Å². The largest absolute Gasteiger partial charge is 0.444 e.